The van der Waals surface area contributed by atoms with E-state index < -0.39 is 0 Å². The van der Waals surface area contributed by atoms with Crippen LogP contribution in [-0.2, 0) is 4.79 Å². The van der Waals surface area contributed by atoms with Gasteiger partial charge in [-0.25, -0.2) is 4.98 Å². The Balaban J connectivity index is 1.38. The Morgan fingerprint density at radius 3 is 2.62 bits per heavy atom. The molecule has 29 heavy (non-hydrogen) atoms. The summed E-state index contributed by atoms with van der Waals surface area (Å²) in [5.41, 5.74) is 1.81. The highest BCUT2D eigenvalue weighted by molar-refractivity contribution is 7.22. The van der Waals surface area contributed by atoms with Crippen molar-refractivity contribution in [2.24, 2.45) is 0 Å². The fraction of sp³-hybridized carbons (Fsp3) is 0.333. The van der Waals surface area contributed by atoms with Crippen LogP contribution in [0.1, 0.15) is 5.56 Å². The molecular formula is C21H22ClN3O3S. The number of para-hydroxylation sites is 1. The normalized spacial score (nSPS) is 14.3. The highest BCUT2D eigenvalue weighted by atomic mass is 35.5. The van der Waals surface area contributed by atoms with Gasteiger partial charge in [0, 0.05) is 26.2 Å². The molecule has 1 fully saturated rings. The van der Waals surface area contributed by atoms with E-state index >= 15 is 0 Å². The predicted molar refractivity (Wildman–Crippen MR) is 117 cm³/mol. The molecule has 8 heteroatoms. The minimum atomic E-state index is 0.00177. The topological polar surface area (TPSA) is 54.9 Å². The van der Waals surface area contributed by atoms with Gasteiger partial charge in [0.25, 0.3) is 5.91 Å². The molecule has 152 valence electrons. The molecule has 3 aromatic rings. The van der Waals surface area contributed by atoms with Crippen molar-refractivity contribution in [3.05, 3.63) is 47.0 Å². The molecule has 0 radical (unpaired) electrons. The number of hydrogen-bond donors (Lipinski definition) is 0. The minimum Gasteiger partial charge on any atom is -0.494 e. The van der Waals surface area contributed by atoms with Crippen molar-refractivity contribution < 1.29 is 14.3 Å². The van der Waals surface area contributed by atoms with Crippen LogP contribution in [0.2, 0.25) is 5.02 Å². The molecule has 4 rings (SSSR count). The number of aryl methyl sites for hydroxylation is 1. The number of benzene rings is 2. The van der Waals surface area contributed by atoms with Crippen molar-refractivity contribution in [3.63, 3.8) is 0 Å². The summed E-state index contributed by atoms with van der Waals surface area (Å²) in [6, 6.07) is 11.4. The van der Waals surface area contributed by atoms with Crippen molar-refractivity contribution in [2.75, 3.05) is 44.8 Å². The number of ether oxygens (including phenoxy) is 2. The SMILES string of the molecule is COc1ccc(Cl)c2sc(N3CCN(C(=O)COc4ccccc4C)CC3)nc12. The van der Waals surface area contributed by atoms with E-state index in [0.717, 1.165) is 39.8 Å². The molecule has 0 saturated carbocycles. The second kappa shape index (κ2) is 8.47. The van der Waals surface area contributed by atoms with E-state index in [1.807, 2.05) is 48.2 Å². The van der Waals surface area contributed by atoms with Crippen LogP contribution < -0.4 is 14.4 Å². The number of piperazine rings is 1. The van der Waals surface area contributed by atoms with Crippen molar-refractivity contribution in [2.45, 2.75) is 6.92 Å². The van der Waals surface area contributed by atoms with Crippen LogP contribution in [0.15, 0.2) is 36.4 Å². The minimum absolute atomic E-state index is 0.00177. The van der Waals surface area contributed by atoms with Gasteiger partial charge in [0.2, 0.25) is 0 Å². The number of thiazole rings is 1. The summed E-state index contributed by atoms with van der Waals surface area (Å²) in [5, 5.41) is 1.57. The fourth-order valence-electron chi connectivity index (χ4n) is 3.34. The molecule has 1 aliphatic rings. The van der Waals surface area contributed by atoms with Crippen LogP contribution in [0.4, 0.5) is 5.13 Å². The Labute approximate surface area is 178 Å². The second-order valence-corrected chi connectivity index (χ2v) is 8.23. The van der Waals surface area contributed by atoms with E-state index in [1.165, 1.54) is 0 Å². The molecule has 2 aromatic carbocycles. The van der Waals surface area contributed by atoms with Gasteiger partial charge in [-0.05, 0) is 30.7 Å². The molecule has 0 N–H and O–H groups in total. The molecule has 1 saturated heterocycles. The molecular weight excluding hydrogens is 410 g/mol. The number of rotatable bonds is 5. The number of anilines is 1. The van der Waals surface area contributed by atoms with Crippen LogP contribution in [0.5, 0.6) is 11.5 Å². The van der Waals surface area contributed by atoms with Crippen LogP contribution in [0.3, 0.4) is 0 Å². The highest BCUT2D eigenvalue weighted by Crippen LogP contribution is 2.38. The van der Waals surface area contributed by atoms with Gasteiger partial charge in [0.05, 0.1) is 16.8 Å². The number of halogens is 1. The van der Waals surface area contributed by atoms with E-state index in [-0.39, 0.29) is 12.5 Å². The first-order chi connectivity index (χ1) is 14.1. The molecule has 1 amide bonds. The van der Waals surface area contributed by atoms with Crippen LogP contribution >= 0.6 is 22.9 Å². The Morgan fingerprint density at radius 2 is 1.90 bits per heavy atom. The van der Waals surface area contributed by atoms with Gasteiger partial charge < -0.3 is 19.3 Å². The summed E-state index contributed by atoms with van der Waals surface area (Å²) in [5.74, 6) is 1.47. The van der Waals surface area contributed by atoms with Gasteiger partial charge in [0.15, 0.2) is 11.7 Å². The third-order valence-electron chi connectivity index (χ3n) is 5.01. The highest BCUT2D eigenvalue weighted by Gasteiger charge is 2.24. The van der Waals surface area contributed by atoms with Gasteiger partial charge in [-0.2, -0.15) is 0 Å². The number of hydrogen-bond acceptors (Lipinski definition) is 6. The first-order valence-corrected chi connectivity index (χ1v) is 10.6. The summed E-state index contributed by atoms with van der Waals surface area (Å²) in [4.78, 5) is 21.3. The zero-order valence-corrected chi connectivity index (χ0v) is 17.9. The fourth-order valence-corrected chi connectivity index (χ4v) is 4.65. The van der Waals surface area contributed by atoms with Crippen LogP contribution in [0, 0.1) is 6.92 Å². The quantitative estimate of drug-likeness (QED) is 0.611. The molecule has 0 atom stereocenters. The van der Waals surface area contributed by atoms with Gasteiger partial charge >= 0.3 is 0 Å². The molecule has 1 aromatic heterocycles. The summed E-state index contributed by atoms with van der Waals surface area (Å²) in [7, 11) is 1.63. The lowest BCUT2D eigenvalue weighted by Crippen LogP contribution is -2.50. The molecule has 2 heterocycles. The van der Waals surface area contributed by atoms with Crippen LogP contribution in [-0.4, -0.2) is 55.7 Å². The van der Waals surface area contributed by atoms with Gasteiger partial charge in [0.1, 0.15) is 17.0 Å². The Morgan fingerprint density at radius 1 is 1.14 bits per heavy atom. The smallest absolute Gasteiger partial charge is 0.260 e. The van der Waals surface area contributed by atoms with E-state index in [9.17, 15) is 4.79 Å². The monoisotopic (exact) mass is 431 g/mol. The maximum Gasteiger partial charge on any atom is 0.260 e. The summed E-state index contributed by atoms with van der Waals surface area (Å²) < 4.78 is 12.0. The zero-order chi connectivity index (χ0) is 20.4. The van der Waals surface area contributed by atoms with Crippen molar-refractivity contribution in [1.82, 2.24) is 9.88 Å². The Hall–Kier alpha value is -2.51. The van der Waals surface area contributed by atoms with Gasteiger partial charge in [-0.15, -0.1) is 0 Å². The summed E-state index contributed by atoms with van der Waals surface area (Å²) in [6.45, 7) is 4.73. The molecule has 6 nitrogen and oxygen atoms in total. The molecule has 0 bridgehead atoms. The predicted octanol–water partition coefficient (Wildman–Crippen LogP) is 3.99. The molecule has 0 unspecified atom stereocenters. The van der Waals surface area contributed by atoms with Crippen molar-refractivity contribution in [1.29, 1.82) is 0 Å². The lowest BCUT2D eigenvalue weighted by Gasteiger charge is -2.34. The van der Waals surface area contributed by atoms with Gasteiger partial charge in [-0.3, -0.25) is 4.79 Å². The van der Waals surface area contributed by atoms with E-state index in [4.69, 9.17) is 26.1 Å². The second-order valence-electron chi connectivity index (χ2n) is 6.85. The Kier molecular flexibility index (Phi) is 5.78. The maximum absolute atomic E-state index is 12.5. The first-order valence-electron chi connectivity index (χ1n) is 9.41. The summed E-state index contributed by atoms with van der Waals surface area (Å²) in [6.07, 6.45) is 0. The third kappa shape index (κ3) is 4.11. The third-order valence-corrected chi connectivity index (χ3v) is 6.59. The summed E-state index contributed by atoms with van der Waals surface area (Å²) >= 11 is 7.88. The molecule has 0 aliphatic carbocycles. The lowest BCUT2D eigenvalue weighted by atomic mass is 10.2. The Bertz CT molecular complexity index is 1030. The number of carbonyl (C=O) groups excluding carboxylic acids is 1. The standard InChI is InChI=1S/C21H22ClN3O3S/c1-14-5-3-4-6-16(14)28-13-18(26)24-9-11-25(12-10-24)21-23-19-17(27-2)8-7-15(22)20(19)29-21/h3-8H,9-13H2,1-2H3. The van der Waals surface area contributed by atoms with E-state index in [0.29, 0.717) is 23.9 Å². The number of fused-ring (bicyclic) bond motifs is 1. The number of aromatic nitrogens is 1. The first kappa shape index (κ1) is 19.8. The number of amides is 1. The van der Waals surface area contributed by atoms with Gasteiger partial charge in [-0.1, -0.05) is 41.1 Å². The zero-order valence-electron chi connectivity index (χ0n) is 16.4. The van der Waals surface area contributed by atoms with Crippen molar-refractivity contribution >= 4 is 44.2 Å². The van der Waals surface area contributed by atoms with E-state index in [1.54, 1.807) is 18.4 Å². The van der Waals surface area contributed by atoms with Crippen LogP contribution in [0.25, 0.3) is 10.2 Å². The van der Waals surface area contributed by atoms with Crippen molar-refractivity contribution in [3.8, 4) is 11.5 Å². The largest absolute Gasteiger partial charge is 0.494 e. The average molecular weight is 432 g/mol. The molecule has 0 spiro atoms. The number of carbonyl (C=O) groups is 1. The number of methoxy groups -OCH3 is 1. The number of nitrogens with zero attached hydrogens (tertiary/aromatic N) is 3. The average Bonchev–Trinajstić information content (AvgIpc) is 3.20. The molecule has 1 aliphatic heterocycles. The van der Waals surface area contributed by atoms with E-state index in [2.05, 4.69) is 4.90 Å². The maximum atomic E-state index is 12.5. The lowest BCUT2D eigenvalue weighted by molar-refractivity contribution is -0.133.